The molecule has 2 N–H and O–H groups in total. The molecule has 0 saturated heterocycles. The van der Waals surface area contributed by atoms with Crippen LogP contribution in [0.5, 0.6) is 0 Å². The smallest absolute Gasteiger partial charge is 0.193 e. The lowest BCUT2D eigenvalue weighted by Gasteiger charge is -2.30. The van der Waals surface area contributed by atoms with Gasteiger partial charge in [0.1, 0.15) is 0 Å². The third-order valence-electron chi connectivity index (χ3n) is 4.30. The minimum absolute atomic E-state index is 0. The van der Waals surface area contributed by atoms with E-state index >= 15 is 0 Å². The Bertz CT molecular complexity index is 304. The number of nitrogens with one attached hydrogen (secondary N) is 1. The van der Waals surface area contributed by atoms with Gasteiger partial charge in [0.15, 0.2) is 5.96 Å². The lowest BCUT2D eigenvalue weighted by atomic mass is 9.79. The van der Waals surface area contributed by atoms with Gasteiger partial charge in [0.2, 0.25) is 0 Å². The molecule has 0 rings (SSSR count). The van der Waals surface area contributed by atoms with Crippen molar-refractivity contribution in [1.29, 1.82) is 0 Å². The number of guanidine groups is 1. The van der Waals surface area contributed by atoms with Crippen molar-refractivity contribution in [2.45, 2.75) is 52.9 Å². The first kappa shape index (κ1) is 24.0. The van der Waals surface area contributed by atoms with Crippen LogP contribution in [0.15, 0.2) is 17.6 Å². The fourth-order valence-corrected chi connectivity index (χ4v) is 2.43. The van der Waals surface area contributed by atoms with Gasteiger partial charge in [-0.2, -0.15) is 0 Å². The molecule has 0 aliphatic heterocycles. The van der Waals surface area contributed by atoms with Crippen molar-refractivity contribution in [2.75, 3.05) is 33.3 Å². The van der Waals surface area contributed by atoms with Crippen LogP contribution in [-0.2, 0) is 0 Å². The van der Waals surface area contributed by atoms with Crippen LogP contribution in [0.1, 0.15) is 52.9 Å². The minimum atomic E-state index is 0. The van der Waals surface area contributed by atoms with Gasteiger partial charge in [0.05, 0.1) is 0 Å². The van der Waals surface area contributed by atoms with Crippen molar-refractivity contribution in [2.24, 2.45) is 10.4 Å². The fourth-order valence-electron chi connectivity index (χ4n) is 2.43. The topological polar surface area (TPSA) is 47.9 Å². The Labute approximate surface area is 154 Å². The number of unbranched alkanes of at least 4 members (excludes halogenated alkanes) is 1. The molecule has 0 spiro atoms. The summed E-state index contributed by atoms with van der Waals surface area (Å²) < 4.78 is 0. The van der Waals surface area contributed by atoms with Crippen LogP contribution in [-0.4, -0.2) is 49.3 Å². The molecule has 0 amide bonds. The van der Waals surface area contributed by atoms with Crippen LogP contribution in [0.2, 0.25) is 0 Å². The van der Waals surface area contributed by atoms with E-state index < -0.39 is 0 Å². The molecule has 0 heterocycles. The predicted molar refractivity (Wildman–Crippen MR) is 108 cm³/mol. The second kappa shape index (κ2) is 14.3. The summed E-state index contributed by atoms with van der Waals surface area (Å²) in [4.78, 5) is 7.00. The van der Waals surface area contributed by atoms with E-state index in [1.165, 1.54) is 0 Å². The summed E-state index contributed by atoms with van der Waals surface area (Å²) in [6.45, 7) is 13.1. The van der Waals surface area contributed by atoms with E-state index in [2.05, 4.69) is 44.6 Å². The largest absolute Gasteiger partial charge is 0.396 e. The van der Waals surface area contributed by atoms with Gasteiger partial charge < -0.3 is 15.3 Å². The van der Waals surface area contributed by atoms with E-state index in [9.17, 15) is 5.11 Å². The maximum Gasteiger partial charge on any atom is 0.193 e. The first-order valence-electron chi connectivity index (χ1n) is 8.30. The number of nitrogens with zero attached hydrogens (tertiary/aromatic N) is 2. The van der Waals surface area contributed by atoms with Crippen molar-refractivity contribution in [3.05, 3.63) is 12.7 Å². The zero-order valence-corrected chi connectivity index (χ0v) is 17.2. The number of allylic oxidation sites excluding steroid dienone is 1. The first-order chi connectivity index (χ1) is 10.1. The SMILES string of the molecule is C=CCCCN(C)C(=NCC(CC)(CC)CCO)NCC.I. The van der Waals surface area contributed by atoms with Crippen molar-refractivity contribution in [3.63, 3.8) is 0 Å². The zero-order chi connectivity index (χ0) is 16.1. The van der Waals surface area contributed by atoms with Crippen LogP contribution in [0.4, 0.5) is 0 Å². The molecule has 0 aromatic heterocycles. The van der Waals surface area contributed by atoms with Gasteiger partial charge >= 0.3 is 0 Å². The molecule has 0 aromatic carbocycles. The molecule has 0 aliphatic carbocycles. The van der Waals surface area contributed by atoms with Gasteiger partial charge in [-0.15, -0.1) is 30.6 Å². The highest BCUT2D eigenvalue weighted by molar-refractivity contribution is 14.0. The van der Waals surface area contributed by atoms with Crippen LogP contribution >= 0.6 is 24.0 Å². The lowest BCUT2D eigenvalue weighted by molar-refractivity contribution is 0.175. The third-order valence-corrected chi connectivity index (χ3v) is 4.30. The Morgan fingerprint density at radius 2 is 1.95 bits per heavy atom. The lowest BCUT2D eigenvalue weighted by Crippen LogP contribution is -2.40. The van der Waals surface area contributed by atoms with Gasteiger partial charge in [-0.05, 0) is 44.4 Å². The van der Waals surface area contributed by atoms with Crippen LogP contribution in [0.3, 0.4) is 0 Å². The normalized spacial score (nSPS) is 11.8. The minimum Gasteiger partial charge on any atom is -0.396 e. The zero-order valence-electron chi connectivity index (χ0n) is 14.9. The number of aliphatic imine (C=N–C) groups is 1. The summed E-state index contributed by atoms with van der Waals surface area (Å²) in [5, 5.41) is 12.7. The molecule has 0 aliphatic rings. The van der Waals surface area contributed by atoms with Gasteiger partial charge in [0.25, 0.3) is 0 Å². The maximum absolute atomic E-state index is 9.30. The van der Waals surface area contributed by atoms with Crippen molar-refractivity contribution in [3.8, 4) is 0 Å². The number of halogens is 1. The highest BCUT2D eigenvalue weighted by Crippen LogP contribution is 2.30. The molecule has 0 atom stereocenters. The van der Waals surface area contributed by atoms with Gasteiger partial charge in [0, 0.05) is 33.3 Å². The van der Waals surface area contributed by atoms with Crippen LogP contribution in [0, 0.1) is 5.41 Å². The summed E-state index contributed by atoms with van der Waals surface area (Å²) in [7, 11) is 2.08. The summed E-state index contributed by atoms with van der Waals surface area (Å²) in [6.07, 6.45) is 7.00. The molecular formula is C17H36IN3O. The summed E-state index contributed by atoms with van der Waals surface area (Å²) >= 11 is 0. The van der Waals surface area contributed by atoms with Crippen molar-refractivity contribution >= 4 is 29.9 Å². The van der Waals surface area contributed by atoms with E-state index in [-0.39, 0.29) is 36.0 Å². The first-order valence-corrected chi connectivity index (χ1v) is 8.30. The van der Waals surface area contributed by atoms with Gasteiger partial charge in [-0.3, -0.25) is 4.99 Å². The summed E-state index contributed by atoms with van der Waals surface area (Å²) in [6, 6.07) is 0. The van der Waals surface area contributed by atoms with E-state index in [4.69, 9.17) is 4.99 Å². The molecule has 132 valence electrons. The average molecular weight is 425 g/mol. The molecule has 0 fully saturated rings. The van der Waals surface area contributed by atoms with E-state index in [0.717, 1.165) is 57.7 Å². The highest BCUT2D eigenvalue weighted by atomic mass is 127. The number of hydrogen-bond donors (Lipinski definition) is 2. The van der Waals surface area contributed by atoms with E-state index in [0.29, 0.717) is 0 Å². The molecular weight excluding hydrogens is 389 g/mol. The molecule has 0 radical (unpaired) electrons. The van der Waals surface area contributed by atoms with Gasteiger partial charge in [-0.1, -0.05) is 19.9 Å². The Morgan fingerprint density at radius 3 is 2.41 bits per heavy atom. The van der Waals surface area contributed by atoms with E-state index in [1.54, 1.807) is 0 Å². The average Bonchev–Trinajstić information content (AvgIpc) is 2.50. The van der Waals surface area contributed by atoms with E-state index in [1.807, 2.05) is 6.08 Å². The monoisotopic (exact) mass is 425 g/mol. The molecule has 4 nitrogen and oxygen atoms in total. The maximum atomic E-state index is 9.30. The summed E-state index contributed by atoms with van der Waals surface area (Å²) in [5.41, 5.74) is 0.122. The number of hydrogen-bond acceptors (Lipinski definition) is 2. The molecule has 22 heavy (non-hydrogen) atoms. The van der Waals surface area contributed by atoms with Crippen molar-refractivity contribution in [1.82, 2.24) is 10.2 Å². The molecule has 0 saturated carbocycles. The molecule has 0 bridgehead atoms. The van der Waals surface area contributed by atoms with Crippen LogP contribution < -0.4 is 5.32 Å². The summed E-state index contributed by atoms with van der Waals surface area (Å²) in [5.74, 6) is 0.964. The standard InChI is InChI=1S/C17H35N3O.HI/c1-6-10-11-13-20(5)16(18-9-4)19-15-17(7-2,8-3)12-14-21;/h6,21H,1,7-15H2,2-5H3,(H,18,19);1H. The Kier molecular flexibility index (Phi) is 15.6. The number of aliphatic hydroxyl groups excluding tert-OH is 1. The molecule has 0 aromatic rings. The molecule has 5 heteroatoms. The Balaban J connectivity index is 0. The highest BCUT2D eigenvalue weighted by Gasteiger charge is 2.25. The number of rotatable bonds is 11. The third kappa shape index (κ3) is 8.98. The quantitative estimate of drug-likeness (QED) is 0.175. The Morgan fingerprint density at radius 1 is 1.32 bits per heavy atom. The van der Waals surface area contributed by atoms with Crippen LogP contribution in [0.25, 0.3) is 0 Å². The molecule has 0 unspecified atom stereocenters. The van der Waals surface area contributed by atoms with Gasteiger partial charge in [-0.25, -0.2) is 0 Å². The number of aliphatic hydroxyl groups is 1. The second-order valence-corrected chi connectivity index (χ2v) is 5.70. The second-order valence-electron chi connectivity index (χ2n) is 5.70. The fraction of sp³-hybridized carbons (Fsp3) is 0.824. The predicted octanol–water partition coefficient (Wildman–Crippen LogP) is 3.66. The van der Waals surface area contributed by atoms with Crippen molar-refractivity contribution < 1.29 is 5.11 Å². The Hall–Kier alpha value is -0.300.